The molecule has 0 unspecified atom stereocenters. The molecule has 0 aromatic heterocycles. The summed E-state index contributed by atoms with van der Waals surface area (Å²) in [6.45, 7) is 0. The zero-order valence-corrected chi connectivity index (χ0v) is 15.4. The molecule has 0 fully saturated rings. The third-order valence-electron chi connectivity index (χ3n) is 2.32. The molecule has 4 nitrogen and oxygen atoms in total. The molecule has 16 heteroatoms. The Hall–Kier alpha value is -0.900. The minimum atomic E-state index is -6.01. The van der Waals surface area contributed by atoms with Gasteiger partial charge in [0, 0.05) is 37.9 Å². The highest BCUT2D eigenvalue weighted by atomic mass is 79.9. The maximum Gasteiger partial charge on any atom is 0.475 e. The van der Waals surface area contributed by atoms with Crippen molar-refractivity contribution in [1.82, 2.24) is 0 Å². The molecular weight excluding hydrogens is 547 g/mol. The van der Waals surface area contributed by atoms with Crippen LogP contribution in [0.1, 0.15) is 0 Å². The van der Waals surface area contributed by atoms with E-state index < -0.39 is 48.5 Å². The number of hydrogen-bond acceptors (Lipinski definition) is 4. The summed E-state index contributed by atoms with van der Waals surface area (Å²) in [5.41, 5.74) is 0. The van der Waals surface area contributed by atoms with Crippen LogP contribution in [0, 0.1) is 0 Å². The van der Waals surface area contributed by atoms with Gasteiger partial charge in [-0.2, -0.15) is 43.5 Å². The Morgan fingerprint density at radius 3 is 1.62 bits per heavy atom. The Kier molecular flexibility index (Phi) is 6.16. The van der Waals surface area contributed by atoms with Crippen LogP contribution in [0.5, 0.6) is 11.5 Å². The van der Waals surface area contributed by atoms with Gasteiger partial charge in [0.05, 0.1) is 0 Å². The molecule has 0 heterocycles. The summed E-state index contributed by atoms with van der Waals surface area (Å²) in [6.07, 6.45) is -10.7. The van der Waals surface area contributed by atoms with Crippen molar-refractivity contribution in [2.45, 2.75) is 26.8 Å². The molecular formula is C10H3Br2F9O4S. The van der Waals surface area contributed by atoms with E-state index in [1.54, 1.807) is 0 Å². The molecule has 0 aliphatic heterocycles. The molecule has 0 radical (unpaired) electrons. The van der Waals surface area contributed by atoms with Gasteiger partial charge in [0.1, 0.15) is 16.4 Å². The molecule has 0 spiro atoms. The van der Waals surface area contributed by atoms with Crippen LogP contribution >= 0.6 is 31.9 Å². The van der Waals surface area contributed by atoms with Crippen LogP contribution < -0.4 is 9.47 Å². The normalized spacial score (nSPS) is 14.3. The number of alkyl halides is 10. The average molecular weight is 550 g/mol. The van der Waals surface area contributed by atoms with E-state index in [-0.39, 0.29) is 18.2 Å². The van der Waals surface area contributed by atoms with E-state index in [4.69, 9.17) is 0 Å². The van der Waals surface area contributed by atoms with Crippen molar-refractivity contribution in [2.24, 2.45) is 0 Å². The topological polar surface area (TPSA) is 52.6 Å². The highest BCUT2D eigenvalue weighted by molar-refractivity contribution is 9.10. The molecule has 0 N–H and O–H groups in total. The molecule has 1 aromatic rings. The van der Waals surface area contributed by atoms with E-state index in [0.29, 0.717) is 0 Å². The highest BCUT2D eigenvalue weighted by Gasteiger charge is 2.59. The molecule has 0 atom stereocenters. The summed E-state index contributed by atoms with van der Waals surface area (Å²) in [7, 11) is -6.01. The summed E-state index contributed by atoms with van der Waals surface area (Å²) in [4.78, 5) is -11.9. The van der Waals surface area contributed by atoms with E-state index in [0.717, 1.165) is 0 Å². The second-order valence-corrected chi connectivity index (χ2v) is 7.59. The molecule has 150 valence electrons. The number of hydrogen-bond donors (Lipinski definition) is 0. The Morgan fingerprint density at radius 1 is 0.808 bits per heavy atom. The Morgan fingerprint density at radius 2 is 1.23 bits per heavy atom. The molecule has 0 bridgehead atoms. The first-order valence-electron chi connectivity index (χ1n) is 5.64. The van der Waals surface area contributed by atoms with Gasteiger partial charge in [0.2, 0.25) is 0 Å². The van der Waals surface area contributed by atoms with E-state index >= 15 is 0 Å². The summed E-state index contributed by atoms with van der Waals surface area (Å²) in [5.74, 6) is -3.15. The molecule has 0 saturated heterocycles. The van der Waals surface area contributed by atoms with Crippen molar-refractivity contribution in [3.8, 4) is 11.5 Å². The van der Waals surface area contributed by atoms with Gasteiger partial charge in [-0.3, -0.25) is 0 Å². The SMILES string of the molecule is O=S(=O)(F)c1cc(OC(F)(F)C(F)(F)Br)ccc1OC(F)(F)C(F)(F)Br. The van der Waals surface area contributed by atoms with E-state index in [9.17, 15) is 47.4 Å². The van der Waals surface area contributed by atoms with Gasteiger partial charge in [-0.25, -0.2) is 0 Å². The predicted molar refractivity (Wildman–Crippen MR) is 73.6 cm³/mol. The first-order valence-corrected chi connectivity index (χ1v) is 8.61. The molecule has 0 aliphatic rings. The summed E-state index contributed by atoms with van der Waals surface area (Å²) in [5, 5.41) is 0. The summed E-state index contributed by atoms with van der Waals surface area (Å²) >= 11 is 2.52. The van der Waals surface area contributed by atoms with Crippen LogP contribution in [0.15, 0.2) is 23.1 Å². The zero-order valence-electron chi connectivity index (χ0n) is 11.4. The smallest absolute Gasteiger partial charge is 0.427 e. The lowest BCUT2D eigenvalue weighted by Gasteiger charge is -2.24. The second kappa shape index (κ2) is 6.92. The fourth-order valence-electron chi connectivity index (χ4n) is 1.23. The Labute approximate surface area is 155 Å². The van der Waals surface area contributed by atoms with Crippen molar-refractivity contribution < 1.29 is 56.9 Å². The lowest BCUT2D eigenvalue weighted by Crippen LogP contribution is -2.41. The minimum Gasteiger partial charge on any atom is -0.427 e. The first kappa shape index (κ1) is 23.1. The van der Waals surface area contributed by atoms with Gasteiger partial charge in [-0.05, 0) is 12.1 Å². The lowest BCUT2D eigenvalue weighted by atomic mass is 10.3. The van der Waals surface area contributed by atoms with Gasteiger partial charge in [-0.15, -0.1) is 3.89 Å². The van der Waals surface area contributed by atoms with E-state index in [1.165, 1.54) is 31.9 Å². The summed E-state index contributed by atoms with van der Waals surface area (Å²) < 4.78 is 145. The monoisotopic (exact) mass is 548 g/mol. The number of ether oxygens (including phenoxy) is 2. The first-order chi connectivity index (χ1) is 11.3. The maximum atomic E-state index is 13.1. The fourth-order valence-corrected chi connectivity index (χ4v) is 2.00. The third-order valence-corrected chi connectivity index (χ3v) is 4.09. The van der Waals surface area contributed by atoms with Crippen LogP contribution in [-0.4, -0.2) is 30.3 Å². The molecule has 26 heavy (non-hydrogen) atoms. The standard InChI is InChI=1S/C10H3Br2F9O4S/c11-7(13,14)9(17,18)24-4-1-2-5(6(3-4)26(21,22)23)25-10(19,20)8(12,15)16/h1-3H. The van der Waals surface area contributed by atoms with Crippen molar-refractivity contribution in [3.05, 3.63) is 18.2 Å². The number of rotatable bonds is 7. The number of halogens is 11. The average Bonchev–Trinajstić information content (AvgIpc) is 2.35. The van der Waals surface area contributed by atoms with Gasteiger partial charge in [0.15, 0.2) is 0 Å². The van der Waals surface area contributed by atoms with Gasteiger partial charge < -0.3 is 9.47 Å². The van der Waals surface area contributed by atoms with Crippen molar-refractivity contribution >= 4 is 42.1 Å². The van der Waals surface area contributed by atoms with Crippen molar-refractivity contribution in [1.29, 1.82) is 0 Å². The third kappa shape index (κ3) is 5.31. The van der Waals surface area contributed by atoms with Gasteiger partial charge >= 0.3 is 32.1 Å². The molecule has 0 aliphatic carbocycles. The Bertz CT molecular complexity index is 774. The molecule has 1 aromatic carbocycles. The molecule has 1 rings (SSSR count). The second-order valence-electron chi connectivity index (χ2n) is 4.28. The highest BCUT2D eigenvalue weighted by Crippen LogP contribution is 2.44. The predicted octanol–water partition coefficient (Wildman–Crippen LogP) is 5.26. The minimum absolute atomic E-state index is 0.0247. The van der Waals surface area contributed by atoms with Crippen LogP contribution in [0.3, 0.4) is 0 Å². The summed E-state index contributed by atoms with van der Waals surface area (Å²) in [6, 6.07) is -0.0320. The zero-order chi connectivity index (χ0) is 20.8. The van der Waals surface area contributed by atoms with Crippen LogP contribution in [0.4, 0.5) is 39.0 Å². The Balaban J connectivity index is 3.38. The lowest BCUT2D eigenvalue weighted by molar-refractivity contribution is -0.268. The molecule has 0 amide bonds. The number of benzene rings is 1. The van der Waals surface area contributed by atoms with Gasteiger partial charge in [0.25, 0.3) is 0 Å². The van der Waals surface area contributed by atoms with Crippen molar-refractivity contribution in [2.75, 3.05) is 0 Å². The van der Waals surface area contributed by atoms with E-state index in [2.05, 4.69) is 9.47 Å². The van der Waals surface area contributed by atoms with Crippen LogP contribution in [-0.2, 0) is 10.2 Å². The van der Waals surface area contributed by atoms with Crippen LogP contribution in [0.25, 0.3) is 0 Å². The van der Waals surface area contributed by atoms with E-state index in [1.807, 2.05) is 0 Å². The molecule has 0 saturated carbocycles. The van der Waals surface area contributed by atoms with Crippen molar-refractivity contribution in [3.63, 3.8) is 0 Å². The largest absolute Gasteiger partial charge is 0.475 e. The fraction of sp³-hybridized carbons (Fsp3) is 0.400. The van der Waals surface area contributed by atoms with Gasteiger partial charge in [-0.1, -0.05) is 0 Å². The quantitative estimate of drug-likeness (QED) is 0.264. The van der Waals surface area contributed by atoms with Crippen LogP contribution in [0.2, 0.25) is 0 Å². The maximum absolute atomic E-state index is 13.1.